The van der Waals surface area contributed by atoms with Crippen LogP contribution in [0.5, 0.6) is 0 Å². The second-order valence-electron chi connectivity index (χ2n) is 5.64. The smallest absolute Gasteiger partial charge is 0.107 e. The molecule has 0 aliphatic rings. The average molecular weight is 265 g/mol. The first-order valence-electron chi connectivity index (χ1n) is 6.96. The van der Waals surface area contributed by atoms with Gasteiger partial charge in [0.1, 0.15) is 5.82 Å². The number of H-pyrrole nitrogens is 1. The van der Waals surface area contributed by atoms with E-state index < -0.39 is 0 Å². The van der Waals surface area contributed by atoms with Crippen molar-refractivity contribution in [2.75, 3.05) is 5.73 Å². The van der Waals surface area contributed by atoms with E-state index in [0.29, 0.717) is 5.92 Å². The number of benzene rings is 2. The van der Waals surface area contributed by atoms with Crippen LogP contribution in [0.4, 0.5) is 5.69 Å². The van der Waals surface area contributed by atoms with Gasteiger partial charge in [-0.25, -0.2) is 4.98 Å². The summed E-state index contributed by atoms with van der Waals surface area (Å²) >= 11 is 0. The van der Waals surface area contributed by atoms with Gasteiger partial charge in [0.25, 0.3) is 0 Å². The van der Waals surface area contributed by atoms with Crippen molar-refractivity contribution in [3.8, 4) is 11.1 Å². The van der Waals surface area contributed by atoms with E-state index in [9.17, 15) is 0 Å². The van der Waals surface area contributed by atoms with Gasteiger partial charge in [-0.1, -0.05) is 32.0 Å². The molecule has 20 heavy (non-hydrogen) atoms. The molecule has 2 aromatic carbocycles. The Balaban J connectivity index is 2.02. The van der Waals surface area contributed by atoms with Crippen LogP contribution in [0.2, 0.25) is 0 Å². The lowest BCUT2D eigenvalue weighted by atomic mass is 10.0. The first-order chi connectivity index (χ1) is 9.61. The van der Waals surface area contributed by atoms with Crippen molar-refractivity contribution in [1.82, 2.24) is 9.97 Å². The minimum Gasteiger partial charge on any atom is -0.399 e. The third-order valence-corrected chi connectivity index (χ3v) is 3.35. The number of nitrogens with two attached hydrogens (primary N) is 1. The topological polar surface area (TPSA) is 54.7 Å². The van der Waals surface area contributed by atoms with E-state index in [-0.39, 0.29) is 0 Å². The molecule has 3 aromatic rings. The summed E-state index contributed by atoms with van der Waals surface area (Å²) in [5.74, 6) is 1.66. The lowest BCUT2D eigenvalue weighted by molar-refractivity contribution is 0.627. The molecule has 0 saturated heterocycles. The molecular weight excluding hydrogens is 246 g/mol. The molecule has 0 amide bonds. The average Bonchev–Trinajstić information content (AvgIpc) is 2.78. The summed E-state index contributed by atoms with van der Waals surface area (Å²) in [6, 6.07) is 14.2. The molecule has 3 heteroatoms. The summed E-state index contributed by atoms with van der Waals surface area (Å²) in [7, 11) is 0. The largest absolute Gasteiger partial charge is 0.399 e. The van der Waals surface area contributed by atoms with Gasteiger partial charge >= 0.3 is 0 Å². The highest BCUT2D eigenvalue weighted by molar-refractivity contribution is 5.82. The summed E-state index contributed by atoms with van der Waals surface area (Å²) in [6.07, 6.45) is 0.975. The molecule has 0 atom stereocenters. The van der Waals surface area contributed by atoms with Crippen molar-refractivity contribution >= 4 is 16.7 Å². The summed E-state index contributed by atoms with van der Waals surface area (Å²) in [5.41, 5.74) is 11.0. The van der Waals surface area contributed by atoms with Crippen molar-refractivity contribution in [3.05, 3.63) is 48.3 Å². The number of nitrogens with one attached hydrogen (secondary N) is 1. The number of anilines is 1. The van der Waals surface area contributed by atoms with Crippen molar-refractivity contribution < 1.29 is 0 Å². The fourth-order valence-corrected chi connectivity index (χ4v) is 2.44. The van der Waals surface area contributed by atoms with E-state index in [0.717, 1.165) is 40.1 Å². The molecule has 0 unspecified atom stereocenters. The number of nitrogens with zero attached hydrogens (tertiary/aromatic N) is 1. The predicted octanol–water partition coefficient (Wildman–Crippen LogP) is 4.01. The fraction of sp³-hybridized carbons (Fsp3) is 0.235. The Morgan fingerprint density at radius 1 is 1.10 bits per heavy atom. The van der Waals surface area contributed by atoms with E-state index in [1.807, 2.05) is 18.2 Å². The highest BCUT2D eigenvalue weighted by atomic mass is 14.9. The zero-order valence-corrected chi connectivity index (χ0v) is 11.9. The van der Waals surface area contributed by atoms with Crippen molar-refractivity contribution in [2.45, 2.75) is 20.3 Å². The van der Waals surface area contributed by atoms with E-state index in [2.05, 4.69) is 48.1 Å². The summed E-state index contributed by atoms with van der Waals surface area (Å²) < 4.78 is 0. The van der Waals surface area contributed by atoms with Crippen molar-refractivity contribution in [3.63, 3.8) is 0 Å². The minimum atomic E-state index is 0.601. The molecule has 0 spiro atoms. The molecule has 1 heterocycles. The zero-order valence-electron chi connectivity index (χ0n) is 11.9. The number of aromatic nitrogens is 2. The van der Waals surface area contributed by atoms with Crippen LogP contribution in [0.15, 0.2) is 42.5 Å². The van der Waals surface area contributed by atoms with Crippen molar-refractivity contribution in [1.29, 1.82) is 0 Å². The zero-order chi connectivity index (χ0) is 14.1. The normalized spacial score (nSPS) is 11.3. The van der Waals surface area contributed by atoms with Gasteiger partial charge in [-0.2, -0.15) is 0 Å². The number of aromatic amines is 1. The van der Waals surface area contributed by atoms with Crippen LogP contribution in [0.25, 0.3) is 22.2 Å². The van der Waals surface area contributed by atoms with Gasteiger partial charge in [-0.15, -0.1) is 0 Å². The molecule has 0 saturated carbocycles. The highest BCUT2D eigenvalue weighted by Gasteiger charge is 2.06. The van der Waals surface area contributed by atoms with Crippen LogP contribution in [0.1, 0.15) is 19.7 Å². The lowest BCUT2D eigenvalue weighted by Crippen LogP contribution is -1.95. The summed E-state index contributed by atoms with van der Waals surface area (Å²) in [4.78, 5) is 8.03. The number of imidazole rings is 1. The number of hydrogen-bond acceptors (Lipinski definition) is 2. The van der Waals surface area contributed by atoms with Gasteiger partial charge < -0.3 is 10.7 Å². The molecule has 1 aromatic heterocycles. The fourth-order valence-electron chi connectivity index (χ4n) is 2.44. The maximum atomic E-state index is 5.85. The second kappa shape index (κ2) is 5.00. The number of rotatable bonds is 3. The van der Waals surface area contributed by atoms with Crippen LogP contribution < -0.4 is 5.73 Å². The monoisotopic (exact) mass is 265 g/mol. The SMILES string of the molecule is CC(C)Cc1nc2ccc(-c3cccc(N)c3)cc2[nH]1. The molecule has 0 aliphatic heterocycles. The molecular formula is C17H19N3. The number of fused-ring (bicyclic) bond motifs is 1. The van der Waals surface area contributed by atoms with Crippen LogP contribution >= 0.6 is 0 Å². The lowest BCUT2D eigenvalue weighted by Gasteiger charge is -2.02. The third-order valence-electron chi connectivity index (χ3n) is 3.35. The summed E-state index contributed by atoms with van der Waals surface area (Å²) in [5, 5.41) is 0. The van der Waals surface area contributed by atoms with E-state index >= 15 is 0 Å². The Morgan fingerprint density at radius 2 is 1.90 bits per heavy atom. The Bertz CT molecular complexity index is 741. The van der Waals surface area contributed by atoms with Gasteiger partial charge in [0.2, 0.25) is 0 Å². The predicted molar refractivity (Wildman–Crippen MR) is 84.5 cm³/mol. The van der Waals surface area contributed by atoms with Crippen LogP contribution in [-0.2, 0) is 6.42 Å². The molecule has 3 rings (SSSR count). The highest BCUT2D eigenvalue weighted by Crippen LogP contribution is 2.25. The maximum Gasteiger partial charge on any atom is 0.107 e. The Kier molecular flexibility index (Phi) is 3.18. The van der Waals surface area contributed by atoms with E-state index in [4.69, 9.17) is 5.73 Å². The molecule has 0 aliphatic carbocycles. The van der Waals surface area contributed by atoms with Gasteiger partial charge in [0.05, 0.1) is 11.0 Å². The van der Waals surface area contributed by atoms with Crippen LogP contribution in [0.3, 0.4) is 0 Å². The van der Waals surface area contributed by atoms with Crippen LogP contribution in [0, 0.1) is 5.92 Å². The minimum absolute atomic E-state index is 0.601. The van der Waals surface area contributed by atoms with E-state index in [1.54, 1.807) is 0 Å². The molecule has 0 radical (unpaired) electrons. The quantitative estimate of drug-likeness (QED) is 0.703. The first-order valence-corrected chi connectivity index (χ1v) is 6.96. The first kappa shape index (κ1) is 12.7. The van der Waals surface area contributed by atoms with Gasteiger partial charge in [-0.3, -0.25) is 0 Å². The van der Waals surface area contributed by atoms with Crippen LogP contribution in [-0.4, -0.2) is 9.97 Å². The molecule has 0 fully saturated rings. The molecule has 3 N–H and O–H groups in total. The van der Waals surface area contributed by atoms with Gasteiger partial charge in [0, 0.05) is 12.1 Å². The Labute approximate surface area is 118 Å². The van der Waals surface area contributed by atoms with E-state index in [1.165, 1.54) is 0 Å². The van der Waals surface area contributed by atoms with Gasteiger partial charge in [-0.05, 0) is 41.3 Å². The van der Waals surface area contributed by atoms with Crippen molar-refractivity contribution in [2.24, 2.45) is 5.92 Å². The Morgan fingerprint density at radius 3 is 2.65 bits per heavy atom. The number of nitrogen functional groups attached to an aromatic ring is 1. The van der Waals surface area contributed by atoms with Gasteiger partial charge in [0.15, 0.2) is 0 Å². The third kappa shape index (κ3) is 2.52. The second-order valence-corrected chi connectivity index (χ2v) is 5.64. The number of hydrogen-bond donors (Lipinski definition) is 2. The standard InChI is InChI=1S/C17H19N3/c1-11(2)8-17-19-15-7-6-13(10-16(15)20-17)12-4-3-5-14(18)9-12/h3-7,9-11H,8,18H2,1-2H3,(H,19,20). The Hall–Kier alpha value is -2.29. The summed E-state index contributed by atoms with van der Waals surface area (Å²) in [6.45, 7) is 4.40. The molecule has 0 bridgehead atoms. The maximum absolute atomic E-state index is 5.85. The molecule has 102 valence electrons. The molecule has 3 nitrogen and oxygen atoms in total.